The Morgan fingerprint density at radius 1 is 1.07 bits per heavy atom. The molecule has 0 aliphatic heterocycles. The molecule has 30 heavy (non-hydrogen) atoms. The lowest BCUT2D eigenvalue weighted by Gasteiger charge is -2.20. The third-order valence-corrected chi connectivity index (χ3v) is 4.50. The average Bonchev–Trinajstić information content (AvgIpc) is 2.70. The van der Waals surface area contributed by atoms with E-state index in [2.05, 4.69) is 15.6 Å². The molecule has 0 saturated carbocycles. The molecule has 0 heterocycles. The van der Waals surface area contributed by atoms with Gasteiger partial charge in [0.05, 0.1) is 0 Å². The highest BCUT2D eigenvalue weighted by Crippen LogP contribution is 2.16. The monoisotopic (exact) mass is 421 g/mol. The predicted molar refractivity (Wildman–Crippen MR) is 110 cm³/mol. The lowest BCUT2D eigenvalue weighted by Crippen LogP contribution is -2.46. The molecule has 162 valence electrons. The van der Waals surface area contributed by atoms with Crippen LogP contribution in [0.25, 0.3) is 0 Å². The van der Waals surface area contributed by atoms with Crippen molar-refractivity contribution in [3.8, 4) is 0 Å². The van der Waals surface area contributed by atoms with Crippen molar-refractivity contribution in [1.82, 2.24) is 10.6 Å². The molecule has 6 N–H and O–H groups in total. The van der Waals surface area contributed by atoms with Crippen molar-refractivity contribution in [2.75, 3.05) is 0 Å². The van der Waals surface area contributed by atoms with E-state index in [0.717, 1.165) is 18.6 Å². The fourth-order valence-corrected chi connectivity index (χ4v) is 2.58. The molecule has 2 aromatic rings. The Labute approximate surface area is 173 Å². The third kappa shape index (κ3) is 6.85. The fraction of sp³-hybridized carbons (Fsp3) is 0.333. The first kappa shape index (κ1) is 23.4. The summed E-state index contributed by atoms with van der Waals surface area (Å²) in [4.78, 5) is 16.7. The smallest absolute Gasteiger partial charge is 0.258 e. The highest BCUT2D eigenvalue weighted by Gasteiger charge is 2.16. The molecular weight excluding hydrogens is 395 g/mol. The van der Waals surface area contributed by atoms with Gasteiger partial charge < -0.3 is 16.8 Å². The number of aliphatic imine (C=N–C) groups is 1. The van der Waals surface area contributed by atoms with Crippen LogP contribution in [0.2, 0.25) is 0 Å². The van der Waals surface area contributed by atoms with Gasteiger partial charge in [-0.25, -0.2) is 18.2 Å². The molecule has 9 heteroatoms. The Hall–Kier alpha value is -2.91. The van der Waals surface area contributed by atoms with Gasteiger partial charge in [-0.15, -0.1) is 0 Å². The van der Waals surface area contributed by atoms with Crippen LogP contribution < -0.4 is 22.1 Å². The summed E-state index contributed by atoms with van der Waals surface area (Å²) in [5, 5.41) is 5.56. The third-order valence-electron chi connectivity index (χ3n) is 4.50. The number of carbonyl (C=O) groups is 1. The van der Waals surface area contributed by atoms with Crippen LogP contribution in [0.4, 0.5) is 13.2 Å². The molecule has 2 aromatic carbocycles. The van der Waals surface area contributed by atoms with Crippen LogP contribution in [-0.4, -0.2) is 24.1 Å². The summed E-state index contributed by atoms with van der Waals surface area (Å²) in [6.45, 7) is 3.83. The minimum Gasteiger partial charge on any atom is -0.354 e. The highest BCUT2D eigenvalue weighted by molar-refractivity contribution is 6.05. The molecule has 0 bridgehead atoms. The van der Waals surface area contributed by atoms with Crippen molar-refractivity contribution in [2.24, 2.45) is 16.5 Å². The second-order valence-corrected chi connectivity index (χ2v) is 6.98. The number of halogens is 3. The van der Waals surface area contributed by atoms with Gasteiger partial charge in [0, 0.05) is 24.1 Å². The fourth-order valence-electron chi connectivity index (χ4n) is 2.58. The molecule has 0 spiro atoms. The minimum atomic E-state index is -1.13. The Morgan fingerprint density at radius 2 is 1.73 bits per heavy atom. The van der Waals surface area contributed by atoms with Gasteiger partial charge in [-0.2, -0.15) is 0 Å². The van der Waals surface area contributed by atoms with Crippen LogP contribution in [0.15, 0.2) is 47.5 Å². The first-order chi connectivity index (χ1) is 14.2. The average molecular weight is 421 g/mol. The van der Waals surface area contributed by atoms with Gasteiger partial charge in [0.2, 0.25) is 0 Å². The van der Waals surface area contributed by atoms with Crippen LogP contribution in [0.5, 0.6) is 0 Å². The maximum absolute atomic E-state index is 13.4. The molecular formula is C21H26F3N5O. The van der Waals surface area contributed by atoms with Crippen LogP contribution in [0, 0.1) is 17.5 Å². The zero-order valence-electron chi connectivity index (χ0n) is 16.8. The summed E-state index contributed by atoms with van der Waals surface area (Å²) in [5.41, 5.74) is 12.8. The molecule has 0 fully saturated rings. The Balaban J connectivity index is 2.13. The molecule has 0 radical (unpaired) electrons. The molecule has 3 unspecified atom stereocenters. The van der Waals surface area contributed by atoms with Crippen molar-refractivity contribution >= 4 is 11.9 Å². The van der Waals surface area contributed by atoms with Crippen LogP contribution in [0.1, 0.15) is 48.7 Å². The standard InChI is InChI=1S/C21H26F3N5O/c1-3-12(2)27-21(29-20(30)14-6-9-16(23)17(24)10-14)28-19(26)11-18(25)13-4-7-15(22)8-5-13/h4-10,12,18-19H,3,11,25-26H2,1-2H3,(H2,27,28,29,30). The first-order valence-corrected chi connectivity index (χ1v) is 9.57. The van der Waals surface area contributed by atoms with E-state index in [1.807, 2.05) is 13.8 Å². The maximum atomic E-state index is 13.4. The Morgan fingerprint density at radius 3 is 2.33 bits per heavy atom. The number of rotatable bonds is 7. The number of amides is 1. The van der Waals surface area contributed by atoms with Gasteiger partial charge in [0.15, 0.2) is 17.6 Å². The number of nitrogens with zero attached hydrogens (tertiary/aromatic N) is 1. The summed E-state index contributed by atoms with van der Waals surface area (Å²) in [6, 6.07) is 8.07. The summed E-state index contributed by atoms with van der Waals surface area (Å²) in [7, 11) is 0. The summed E-state index contributed by atoms with van der Waals surface area (Å²) >= 11 is 0. The molecule has 3 atom stereocenters. The second kappa shape index (κ2) is 10.7. The number of carbonyl (C=O) groups excluding carboxylic acids is 1. The molecule has 0 aliphatic rings. The largest absolute Gasteiger partial charge is 0.354 e. The van der Waals surface area contributed by atoms with Gasteiger partial charge in [-0.05, 0) is 49.2 Å². The number of nitrogens with two attached hydrogens (primary N) is 2. The zero-order chi connectivity index (χ0) is 22.3. The molecule has 0 aromatic heterocycles. The molecule has 1 amide bonds. The van der Waals surface area contributed by atoms with E-state index < -0.39 is 29.7 Å². The summed E-state index contributed by atoms with van der Waals surface area (Å²) < 4.78 is 39.6. The van der Waals surface area contributed by atoms with Crippen molar-refractivity contribution in [3.63, 3.8) is 0 Å². The van der Waals surface area contributed by atoms with E-state index in [-0.39, 0.29) is 29.8 Å². The van der Waals surface area contributed by atoms with E-state index in [4.69, 9.17) is 11.5 Å². The lowest BCUT2D eigenvalue weighted by atomic mass is 10.0. The Bertz CT molecular complexity index is 889. The first-order valence-electron chi connectivity index (χ1n) is 9.57. The number of hydrogen-bond acceptors (Lipinski definition) is 4. The van der Waals surface area contributed by atoms with E-state index in [1.54, 1.807) is 12.1 Å². The van der Waals surface area contributed by atoms with Crippen molar-refractivity contribution < 1.29 is 18.0 Å². The topological polar surface area (TPSA) is 106 Å². The summed E-state index contributed by atoms with van der Waals surface area (Å²) in [5.74, 6) is -3.11. The number of nitrogens with one attached hydrogen (secondary N) is 2. The van der Waals surface area contributed by atoms with E-state index >= 15 is 0 Å². The van der Waals surface area contributed by atoms with Gasteiger partial charge >= 0.3 is 0 Å². The van der Waals surface area contributed by atoms with Crippen molar-refractivity contribution in [1.29, 1.82) is 0 Å². The highest BCUT2D eigenvalue weighted by atomic mass is 19.2. The van der Waals surface area contributed by atoms with Crippen LogP contribution >= 0.6 is 0 Å². The molecule has 6 nitrogen and oxygen atoms in total. The minimum absolute atomic E-state index is 0.0352. The predicted octanol–water partition coefficient (Wildman–Crippen LogP) is 2.95. The van der Waals surface area contributed by atoms with E-state index in [0.29, 0.717) is 5.56 Å². The lowest BCUT2D eigenvalue weighted by molar-refractivity contribution is 0.0975. The van der Waals surface area contributed by atoms with Crippen molar-refractivity contribution in [2.45, 2.75) is 44.9 Å². The van der Waals surface area contributed by atoms with Crippen molar-refractivity contribution in [3.05, 3.63) is 71.0 Å². The Kier molecular flexibility index (Phi) is 8.37. The van der Waals surface area contributed by atoms with E-state index in [9.17, 15) is 18.0 Å². The quantitative estimate of drug-likeness (QED) is 0.407. The van der Waals surface area contributed by atoms with Gasteiger partial charge in [-0.1, -0.05) is 19.1 Å². The van der Waals surface area contributed by atoms with Gasteiger partial charge in [-0.3, -0.25) is 10.1 Å². The summed E-state index contributed by atoms with van der Waals surface area (Å²) in [6.07, 6.45) is 0.199. The maximum Gasteiger partial charge on any atom is 0.258 e. The van der Waals surface area contributed by atoms with Crippen LogP contribution in [-0.2, 0) is 0 Å². The number of hydrogen-bond donors (Lipinski definition) is 4. The SMILES string of the molecule is CCC(C)NC(=NC(N)CC(N)c1ccc(F)cc1)NC(=O)c1ccc(F)c(F)c1. The molecule has 0 aliphatic carbocycles. The van der Waals surface area contributed by atoms with Gasteiger partial charge in [0.1, 0.15) is 12.0 Å². The number of benzene rings is 2. The molecule has 2 rings (SSSR count). The van der Waals surface area contributed by atoms with E-state index in [1.165, 1.54) is 18.2 Å². The second-order valence-electron chi connectivity index (χ2n) is 6.98. The number of guanidine groups is 1. The van der Waals surface area contributed by atoms with Gasteiger partial charge in [0.25, 0.3) is 5.91 Å². The normalized spacial score (nSPS) is 14.7. The molecule has 0 saturated heterocycles. The van der Waals surface area contributed by atoms with Crippen LogP contribution in [0.3, 0.4) is 0 Å². The zero-order valence-corrected chi connectivity index (χ0v) is 16.8.